The smallest absolute Gasteiger partial charge is 0.0389 e. The van der Waals surface area contributed by atoms with Gasteiger partial charge in [-0.15, -0.1) is 0 Å². The van der Waals surface area contributed by atoms with Gasteiger partial charge < -0.3 is 10.2 Å². The highest BCUT2D eigenvalue weighted by Gasteiger charge is 2.22. The van der Waals surface area contributed by atoms with E-state index < -0.39 is 0 Å². The Kier molecular flexibility index (Phi) is 6.45. The van der Waals surface area contributed by atoms with Crippen molar-refractivity contribution in [1.82, 2.24) is 0 Å². The summed E-state index contributed by atoms with van der Waals surface area (Å²) in [6, 6.07) is 10.7. The van der Waals surface area contributed by atoms with Gasteiger partial charge in [0, 0.05) is 30.0 Å². The standard InChI is InChI=1S/C22H36N2/c1-18(2)17-24(21-13-7-4-8-14-21)22-15-9-12-20(16-22)23-19-10-5-3-6-11-19/h9,12,15-16,18-19,21,23H,3-8,10-11,13-14,17H2,1-2H3. The second-order valence-corrected chi connectivity index (χ2v) is 8.37. The van der Waals surface area contributed by atoms with Crippen molar-refractivity contribution >= 4 is 11.4 Å². The Labute approximate surface area is 149 Å². The lowest BCUT2D eigenvalue weighted by molar-refractivity contribution is 0.401. The third kappa shape index (κ3) is 4.91. The normalized spacial score (nSPS) is 20.3. The molecule has 2 fully saturated rings. The van der Waals surface area contributed by atoms with Gasteiger partial charge in [-0.1, -0.05) is 58.4 Å². The Hall–Kier alpha value is -1.18. The van der Waals surface area contributed by atoms with Crippen LogP contribution in [0.25, 0.3) is 0 Å². The number of hydrogen-bond acceptors (Lipinski definition) is 2. The van der Waals surface area contributed by atoms with Gasteiger partial charge in [-0.2, -0.15) is 0 Å². The first-order valence-electron chi connectivity index (χ1n) is 10.4. The van der Waals surface area contributed by atoms with Crippen LogP contribution in [0.3, 0.4) is 0 Å². The lowest BCUT2D eigenvalue weighted by Crippen LogP contribution is -2.39. The molecule has 2 saturated carbocycles. The average Bonchev–Trinajstić information content (AvgIpc) is 2.61. The van der Waals surface area contributed by atoms with E-state index in [-0.39, 0.29) is 0 Å². The summed E-state index contributed by atoms with van der Waals surface area (Å²) in [4.78, 5) is 2.70. The molecule has 0 aromatic heterocycles. The van der Waals surface area contributed by atoms with Crippen LogP contribution in [0.4, 0.5) is 11.4 Å². The molecule has 0 spiro atoms. The van der Waals surface area contributed by atoms with E-state index in [1.54, 1.807) is 0 Å². The van der Waals surface area contributed by atoms with E-state index in [0.29, 0.717) is 12.0 Å². The predicted molar refractivity (Wildman–Crippen MR) is 106 cm³/mol. The molecule has 2 heteroatoms. The van der Waals surface area contributed by atoms with Crippen LogP contribution in [-0.4, -0.2) is 18.6 Å². The van der Waals surface area contributed by atoms with Crippen molar-refractivity contribution in [2.75, 3.05) is 16.8 Å². The molecule has 0 heterocycles. The molecule has 0 unspecified atom stereocenters. The highest BCUT2D eigenvalue weighted by Crippen LogP contribution is 2.30. The van der Waals surface area contributed by atoms with E-state index in [9.17, 15) is 0 Å². The number of hydrogen-bond donors (Lipinski definition) is 1. The summed E-state index contributed by atoms with van der Waals surface area (Å²) >= 11 is 0. The van der Waals surface area contributed by atoms with Gasteiger partial charge in [-0.3, -0.25) is 0 Å². The molecule has 1 aromatic carbocycles. The van der Waals surface area contributed by atoms with Crippen molar-refractivity contribution in [3.05, 3.63) is 24.3 Å². The zero-order valence-corrected chi connectivity index (χ0v) is 15.8. The van der Waals surface area contributed by atoms with Gasteiger partial charge in [-0.25, -0.2) is 0 Å². The SMILES string of the molecule is CC(C)CN(c1cccc(NC2CCCCC2)c1)C1CCCCC1. The van der Waals surface area contributed by atoms with Gasteiger partial charge in [0.25, 0.3) is 0 Å². The fraction of sp³-hybridized carbons (Fsp3) is 0.727. The third-order valence-corrected chi connectivity index (χ3v) is 5.73. The van der Waals surface area contributed by atoms with Crippen molar-refractivity contribution in [3.8, 4) is 0 Å². The van der Waals surface area contributed by atoms with Gasteiger partial charge in [0.15, 0.2) is 0 Å². The van der Waals surface area contributed by atoms with Crippen molar-refractivity contribution < 1.29 is 0 Å². The van der Waals surface area contributed by atoms with Crippen molar-refractivity contribution in [2.45, 2.75) is 90.1 Å². The van der Waals surface area contributed by atoms with E-state index >= 15 is 0 Å². The molecule has 2 nitrogen and oxygen atoms in total. The van der Waals surface area contributed by atoms with Crippen molar-refractivity contribution in [2.24, 2.45) is 5.92 Å². The van der Waals surface area contributed by atoms with Gasteiger partial charge >= 0.3 is 0 Å². The number of anilines is 2. The van der Waals surface area contributed by atoms with E-state index in [4.69, 9.17) is 0 Å². The molecular formula is C22H36N2. The Morgan fingerprint density at radius 2 is 1.62 bits per heavy atom. The van der Waals surface area contributed by atoms with Crippen molar-refractivity contribution in [3.63, 3.8) is 0 Å². The number of benzene rings is 1. The first kappa shape index (κ1) is 17.6. The first-order chi connectivity index (χ1) is 11.7. The fourth-order valence-corrected chi connectivity index (χ4v) is 4.51. The Morgan fingerprint density at radius 3 is 2.29 bits per heavy atom. The number of nitrogens with one attached hydrogen (secondary N) is 1. The maximum absolute atomic E-state index is 3.81. The summed E-state index contributed by atoms with van der Waals surface area (Å²) < 4.78 is 0. The third-order valence-electron chi connectivity index (χ3n) is 5.73. The molecule has 1 aromatic rings. The molecule has 24 heavy (non-hydrogen) atoms. The van der Waals surface area contributed by atoms with Crippen LogP contribution in [0.2, 0.25) is 0 Å². The highest BCUT2D eigenvalue weighted by atomic mass is 15.2. The van der Waals surface area contributed by atoms with Crippen LogP contribution in [0.5, 0.6) is 0 Å². The maximum Gasteiger partial charge on any atom is 0.0389 e. The molecule has 0 aliphatic heterocycles. The maximum atomic E-state index is 3.81. The van der Waals surface area contributed by atoms with Gasteiger partial charge in [0.05, 0.1) is 0 Å². The topological polar surface area (TPSA) is 15.3 Å². The molecule has 0 atom stereocenters. The second kappa shape index (κ2) is 8.78. The van der Waals surface area contributed by atoms with Gasteiger partial charge in [0.1, 0.15) is 0 Å². The molecule has 0 amide bonds. The van der Waals surface area contributed by atoms with Crippen LogP contribution in [0, 0.1) is 5.92 Å². The molecule has 2 aliphatic carbocycles. The van der Waals surface area contributed by atoms with Crippen LogP contribution in [0.15, 0.2) is 24.3 Å². The quantitative estimate of drug-likeness (QED) is 0.666. The Balaban J connectivity index is 1.72. The molecule has 3 rings (SSSR count). The van der Waals surface area contributed by atoms with Gasteiger partial charge in [-0.05, 0) is 49.8 Å². The lowest BCUT2D eigenvalue weighted by Gasteiger charge is -2.37. The minimum Gasteiger partial charge on any atom is -0.382 e. The lowest BCUT2D eigenvalue weighted by atomic mass is 9.93. The van der Waals surface area contributed by atoms with Crippen LogP contribution >= 0.6 is 0 Å². The number of nitrogens with zero attached hydrogens (tertiary/aromatic N) is 1. The Morgan fingerprint density at radius 1 is 0.958 bits per heavy atom. The molecule has 2 aliphatic rings. The molecule has 0 radical (unpaired) electrons. The van der Waals surface area contributed by atoms with Crippen LogP contribution < -0.4 is 10.2 Å². The summed E-state index contributed by atoms with van der Waals surface area (Å²) in [5.74, 6) is 0.710. The highest BCUT2D eigenvalue weighted by molar-refractivity contribution is 5.59. The summed E-state index contributed by atoms with van der Waals surface area (Å²) in [6.07, 6.45) is 13.8. The van der Waals surface area contributed by atoms with E-state index in [1.165, 1.54) is 82.1 Å². The van der Waals surface area contributed by atoms with E-state index in [1.807, 2.05) is 0 Å². The largest absolute Gasteiger partial charge is 0.382 e. The Bertz CT molecular complexity index is 484. The number of rotatable bonds is 6. The molecule has 1 N–H and O–H groups in total. The van der Waals surface area contributed by atoms with Crippen LogP contribution in [0.1, 0.15) is 78.1 Å². The minimum atomic E-state index is 0.683. The summed E-state index contributed by atoms with van der Waals surface area (Å²) in [6.45, 7) is 5.87. The van der Waals surface area contributed by atoms with Gasteiger partial charge in [0.2, 0.25) is 0 Å². The average molecular weight is 329 g/mol. The summed E-state index contributed by atoms with van der Waals surface area (Å²) in [7, 11) is 0. The summed E-state index contributed by atoms with van der Waals surface area (Å²) in [5.41, 5.74) is 2.75. The summed E-state index contributed by atoms with van der Waals surface area (Å²) in [5, 5.41) is 3.81. The van der Waals surface area contributed by atoms with Crippen LogP contribution in [-0.2, 0) is 0 Å². The minimum absolute atomic E-state index is 0.683. The first-order valence-corrected chi connectivity index (χ1v) is 10.4. The second-order valence-electron chi connectivity index (χ2n) is 8.37. The molecule has 134 valence electrons. The van der Waals surface area contributed by atoms with Crippen molar-refractivity contribution in [1.29, 1.82) is 0 Å². The molecule has 0 bridgehead atoms. The predicted octanol–water partition coefficient (Wildman–Crippen LogP) is 6.23. The molecule has 0 saturated heterocycles. The fourth-order valence-electron chi connectivity index (χ4n) is 4.51. The zero-order chi connectivity index (χ0) is 16.8. The zero-order valence-electron chi connectivity index (χ0n) is 15.8. The monoisotopic (exact) mass is 328 g/mol. The van der Waals surface area contributed by atoms with E-state index in [0.717, 1.165) is 6.04 Å². The molecular weight excluding hydrogens is 292 g/mol. The van der Waals surface area contributed by atoms with E-state index in [2.05, 4.69) is 48.3 Å².